The summed E-state index contributed by atoms with van der Waals surface area (Å²) in [5, 5.41) is 0. The Morgan fingerprint density at radius 1 is 1.07 bits per heavy atom. The number of sulfonamides is 1. The van der Waals surface area contributed by atoms with Crippen LogP contribution >= 0.6 is 0 Å². The lowest BCUT2D eigenvalue weighted by Gasteiger charge is -2.10. The maximum absolute atomic E-state index is 12.5. The lowest BCUT2D eigenvalue weighted by molar-refractivity contribution is -0.150. The van der Waals surface area contributed by atoms with E-state index in [4.69, 9.17) is 9.47 Å². The van der Waals surface area contributed by atoms with E-state index in [2.05, 4.69) is 4.72 Å². The first-order valence-electron chi connectivity index (χ1n) is 8.23. The van der Waals surface area contributed by atoms with Crippen LogP contribution in [0.5, 0.6) is 0 Å². The van der Waals surface area contributed by atoms with Crippen LogP contribution in [0.25, 0.3) is 0 Å². The Hall–Kier alpha value is -2.87. The van der Waals surface area contributed by atoms with Crippen molar-refractivity contribution in [3.63, 3.8) is 0 Å². The maximum atomic E-state index is 12.5. The fourth-order valence-corrected chi connectivity index (χ4v) is 3.31. The van der Waals surface area contributed by atoms with E-state index in [0.29, 0.717) is 5.69 Å². The Bertz CT molecular complexity index is 937. The van der Waals surface area contributed by atoms with Gasteiger partial charge in [-0.3, -0.25) is 4.72 Å². The summed E-state index contributed by atoms with van der Waals surface area (Å²) in [5.74, 6) is -1.49. The molecule has 0 radical (unpaired) electrons. The van der Waals surface area contributed by atoms with Crippen LogP contribution in [0.2, 0.25) is 0 Å². The third-order valence-electron chi connectivity index (χ3n) is 3.34. The molecule has 2 rings (SSSR count). The predicted octanol–water partition coefficient (Wildman–Crippen LogP) is 2.90. The number of nitrogens with one attached hydrogen (secondary N) is 1. The fourth-order valence-electron chi connectivity index (χ4n) is 2.22. The van der Waals surface area contributed by atoms with Gasteiger partial charge in [0.15, 0.2) is 6.61 Å². The molecule has 144 valence electrons. The standard InChI is InChI=1S/C19H21NO6S/c1-13(2)26-18(21)12-25-19(22)15-7-5-9-17(11-15)27(23,24)20-16-8-4-6-14(3)10-16/h4-11,13,20H,12H2,1-3H3. The van der Waals surface area contributed by atoms with Crippen molar-refractivity contribution < 1.29 is 27.5 Å². The molecule has 0 heterocycles. The Labute approximate surface area is 158 Å². The first-order chi connectivity index (χ1) is 12.7. The Kier molecular flexibility index (Phi) is 6.57. The first kappa shape index (κ1) is 20.4. The second kappa shape index (κ2) is 8.68. The van der Waals surface area contributed by atoms with Crippen LogP contribution in [0.4, 0.5) is 5.69 Å². The van der Waals surface area contributed by atoms with Crippen molar-refractivity contribution in [2.45, 2.75) is 31.8 Å². The first-order valence-corrected chi connectivity index (χ1v) is 9.72. The van der Waals surface area contributed by atoms with Crippen LogP contribution in [0.3, 0.4) is 0 Å². The Morgan fingerprint density at radius 3 is 2.44 bits per heavy atom. The van der Waals surface area contributed by atoms with Gasteiger partial charge in [-0.05, 0) is 56.7 Å². The van der Waals surface area contributed by atoms with E-state index in [9.17, 15) is 18.0 Å². The molecule has 0 spiro atoms. The van der Waals surface area contributed by atoms with Gasteiger partial charge in [-0.1, -0.05) is 18.2 Å². The van der Waals surface area contributed by atoms with Gasteiger partial charge in [0.1, 0.15) is 0 Å². The molecule has 0 aliphatic carbocycles. The number of esters is 2. The van der Waals surface area contributed by atoms with Gasteiger partial charge in [-0.25, -0.2) is 18.0 Å². The van der Waals surface area contributed by atoms with E-state index >= 15 is 0 Å². The lowest BCUT2D eigenvalue weighted by Crippen LogP contribution is -2.20. The number of anilines is 1. The summed E-state index contributed by atoms with van der Waals surface area (Å²) in [6.07, 6.45) is -0.322. The molecule has 0 aliphatic heterocycles. The highest BCUT2D eigenvalue weighted by atomic mass is 32.2. The van der Waals surface area contributed by atoms with Crippen molar-refractivity contribution in [1.29, 1.82) is 0 Å². The van der Waals surface area contributed by atoms with Crippen molar-refractivity contribution in [3.05, 3.63) is 59.7 Å². The van der Waals surface area contributed by atoms with Crippen LogP contribution < -0.4 is 4.72 Å². The summed E-state index contributed by atoms with van der Waals surface area (Å²) in [4.78, 5) is 23.4. The number of hydrogen-bond donors (Lipinski definition) is 1. The number of aryl methyl sites for hydroxylation is 1. The van der Waals surface area contributed by atoms with E-state index in [1.807, 2.05) is 13.0 Å². The number of rotatable bonds is 7. The molecule has 0 bridgehead atoms. The van der Waals surface area contributed by atoms with Gasteiger partial charge < -0.3 is 9.47 Å². The highest BCUT2D eigenvalue weighted by Crippen LogP contribution is 2.18. The molecular formula is C19H21NO6S. The van der Waals surface area contributed by atoms with Gasteiger partial charge in [-0.15, -0.1) is 0 Å². The number of ether oxygens (including phenoxy) is 2. The summed E-state index contributed by atoms with van der Waals surface area (Å²) >= 11 is 0. The average molecular weight is 391 g/mol. The number of hydrogen-bond acceptors (Lipinski definition) is 6. The molecule has 0 saturated carbocycles. The van der Waals surface area contributed by atoms with E-state index in [0.717, 1.165) is 5.56 Å². The Balaban J connectivity index is 2.11. The van der Waals surface area contributed by atoms with Gasteiger partial charge in [0.25, 0.3) is 10.0 Å². The van der Waals surface area contributed by atoms with E-state index in [1.54, 1.807) is 32.0 Å². The van der Waals surface area contributed by atoms with Crippen LogP contribution in [0, 0.1) is 6.92 Å². The summed E-state index contributed by atoms with van der Waals surface area (Å²) in [5.41, 5.74) is 1.33. The van der Waals surface area contributed by atoms with Crippen molar-refractivity contribution in [3.8, 4) is 0 Å². The molecule has 0 atom stereocenters. The maximum Gasteiger partial charge on any atom is 0.344 e. The summed E-state index contributed by atoms with van der Waals surface area (Å²) in [6.45, 7) is 4.65. The van der Waals surface area contributed by atoms with Gasteiger partial charge in [-0.2, -0.15) is 0 Å². The predicted molar refractivity (Wildman–Crippen MR) is 99.9 cm³/mol. The fraction of sp³-hybridized carbons (Fsp3) is 0.263. The van der Waals surface area contributed by atoms with Crippen molar-refractivity contribution in [2.75, 3.05) is 11.3 Å². The van der Waals surface area contributed by atoms with Gasteiger partial charge in [0.05, 0.1) is 16.6 Å². The van der Waals surface area contributed by atoms with Gasteiger partial charge >= 0.3 is 11.9 Å². The zero-order valence-electron chi connectivity index (χ0n) is 15.3. The molecule has 7 nitrogen and oxygen atoms in total. The molecule has 0 amide bonds. The molecule has 1 N–H and O–H groups in total. The minimum absolute atomic E-state index is 0.0134. The van der Waals surface area contributed by atoms with Crippen LogP contribution in [0.1, 0.15) is 29.8 Å². The quantitative estimate of drug-likeness (QED) is 0.729. The van der Waals surface area contributed by atoms with Gasteiger partial charge in [0, 0.05) is 5.69 Å². The lowest BCUT2D eigenvalue weighted by atomic mass is 10.2. The molecule has 0 unspecified atom stereocenters. The van der Waals surface area contributed by atoms with Crippen molar-refractivity contribution >= 4 is 27.6 Å². The van der Waals surface area contributed by atoms with E-state index in [-0.39, 0.29) is 16.6 Å². The zero-order chi connectivity index (χ0) is 20.0. The zero-order valence-corrected chi connectivity index (χ0v) is 16.1. The topological polar surface area (TPSA) is 98.8 Å². The SMILES string of the molecule is Cc1cccc(NS(=O)(=O)c2cccc(C(=O)OCC(=O)OC(C)C)c2)c1. The molecular weight excluding hydrogens is 370 g/mol. The summed E-state index contributed by atoms with van der Waals surface area (Å²) in [7, 11) is -3.88. The highest BCUT2D eigenvalue weighted by molar-refractivity contribution is 7.92. The summed E-state index contributed by atoms with van der Waals surface area (Å²) < 4.78 is 37.3. The Morgan fingerprint density at radius 2 is 1.78 bits per heavy atom. The number of benzene rings is 2. The largest absolute Gasteiger partial charge is 0.460 e. The molecule has 0 aliphatic rings. The third-order valence-corrected chi connectivity index (χ3v) is 4.72. The smallest absolute Gasteiger partial charge is 0.344 e. The average Bonchev–Trinajstić information content (AvgIpc) is 2.59. The summed E-state index contributed by atoms with van der Waals surface area (Å²) in [6, 6.07) is 12.3. The molecule has 8 heteroatoms. The third kappa shape index (κ3) is 6.10. The monoisotopic (exact) mass is 391 g/mol. The number of carbonyl (C=O) groups excluding carboxylic acids is 2. The molecule has 0 saturated heterocycles. The minimum atomic E-state index is -3.88. The second-order valence-electron chi connectivity index (χ2n) is 6.12. The minimum Gasteiger partial charge on any atom is -0.460 e. The number of carbonyl (C=O) groups is 2. The van der Waals surface area contributed by atoms with Crippen LogP contribution in [-0.2, 0) is 24.3 Å². The second-order valence-corrected chi connectivity index (χ2v) is 7.80. The van der Waals surface area contributed by atoms with Crippen molar-refractivity contribution in [1.82, 2.24) is 0 Å². The molecule has 0 fully saturated rings. The molecule has 0 aromatic heterocycles. The molecule has 2 aromatic rings. The highest BCUT2D eigenvalue weighted by Gasteiger charge is 2.18. The van der Waals surface area contributed by atoms with Gasteiger partial charge in [0.2, 0.25) is 0 Å². The normalized spacial score (nSPS) is 11.1. The molecule has 27 heavy (non-hydrogen) atoms. The molecule has 2 aromatic carbocycles. The van der Waals surface area contributed by atoms with E-state index in [1.165, 1.54) is 24.3 Å². The van der Waals surface area contributed by atoms with Crippen molar-refractivity contribution in [2.24, 2.45) is 0 Å². The van der Waals surface area contributed by atoms with Crippen LogP contribution in [-0.4, -0.2) is 33.1 Å². The van der Waals surface area contributed by atoms with E-state index < -0.39 is 28.6 Å². The van der Waals surface area contributed by atoms with Crippen LogP contribution in [0.15, 0.2) is 53.4 Å².